The second-order valence-electron chi connectivity index (χ2n) is 6.33. The predicted octanol–water partition coefficient (Wildman–Crippen LogP) is 3.55. The van der Waals surface area contributed by atoms with E-state index in [9.17, 15) is 18.0 Å². The topological polar surface area (TPSA) is 38.8 Å². The third-order valence-electron chi connectivity index (χ3n) is 4.29. The molecule has 7 heteroatoms. The van der Waals surface area contributed by atoms with Gasteiger partial charge in [-0.15, -0.1) is 0 Å². The van der Waals surface area contributed by atoms with Gasteiger partial charge in [-0.3, -0.25) is 4.79 Å². The molecule has 2 aromatic carbocycles. The minimum Gasteiger partial charge on any atom is -0.491 e. The van der Waals surface area contributed by atoms with Gasteiger partial charge >= 0.3 is 6.18 Å². The van der Waals surface area contributed by atoms with Gasteiger partial charge in [-0.1, -0.05) is 36.4 Å². The maximum Gasteiger partial charge on any atom is 0.416 e. The highest BCUT2D eigenvalue weighted by Crippen LogP contribution is 2.31. The Morgan fingerprint density at radius 1 is 1.15 bits per heavy atom. The van der Waals surface area contributed by atoms with Gasteiger partial charge in [0.15, 0.2) is 0 Å². The molecule has 1 fully saturated rings. The molecule has 27 heavy (non-hydrogen) atoms. The average Bonchev–Trinajstić information content (AvgIpc) is 2.67. The molecule has 0 N–H and O–H groups in total. The van der Waals surface area contributed by atoms with Crippen molar-refractivity contribution in [2.45, 2.75) is 18.7 Å². The fraction of sp³-hybridized carbons (Fsp3) is 0.350. The Labute approximate surface area is 155 Å². The summed E-state index contributed by atoms with van der Waals surface area (Å²) in [5.41, 5.74) is 0.176. The normalized spacial score (nSPS) is 17.6. The molecule has 0 saturated carbocycles. The van der Waals surface area contributed by atoms with Crippen molar-refractivity contribution in [2.24, 2.45) is 0 Å². The predicted molar refractivity (Wildman–Crippen MR) is 93.4 cm³/mol. The quantitative estimate of drug-likeness (QED) is 0.798. The summed E-state index contributed by atoms with van der Waals surface area (Å²) < 4.78 is 49.3. The molecule has 1 aliphatic heterocycles. The number of carbonyl (C=O) groups excluding carboxylic acids is 1. The third-order valence-corrected chi connectivity index (χ3v) is 4.29. The second-order valence-corrected chi connectivity index (χ2v) is 6.33. The van der Waals surface area contributed by atoms with E-state index in [2.05, 4.69) is 0 Å². The fourth-order valence-corrected chi connectivity index (χ4v) is 2.88. The number of rotatable bonds is 5. The summed E-state index contributed by atoms with van der Waals surface area (Å²) in [6.45, 7) is 1.30. The zero-order valence-electron chi connectivity index (χ0n) is 14.6. The van der Waals surface area contributed by atoms with Crippen LogP contribution in [0.3, 0.4) is 0 Å². The SMILES string of the molecule is O=C(Cc1ccccc1)N1CCOC(COc2cccc(C(F)(F)F)c2)C1. The summed E-state index contributed by atoms with van der Waals surface area (Å²) in [5.74, 6) is 0.120. The number of hydrogen-bond donors (Lipinski definition) is 0. The van der Waals surface area contributed by atoms with Gasteiger partial charge in [0.1, 0.15) is 18.5 Å². The van der Waals surface area contributed by atoms with E-state index < -0.39 is 11.7 Å². The maximum absolute atomic E-state index is 12.8. The molecule has 4 nitrogen and oxygen atoms in total. The van der Waals surface area contributed by atoms with Crippen molar-refractivity contribution in [2.75, 3.05) is 26.3 Å². The molecular formula is C20H20F3NO3. The number of morpholine rings is 1. The molecule has 0 aliphatic carbocycles. The van der Waals surface area contributed by atoms with Crippen molar-refractivity contribution in [3.63, 3.8) is 0 Å². The lowest BCUT2D eigenvalue weighted by Crippen LogP contribution is -2.48. The zero-order valence-corrected chi connectivity index (χ0v) is 14.6. The van der Waals surface area contributed by atoms with Gasteiger partial charge in [-0.2, -0.15) is 13.2 Å². The molecule has 144 valence electrons. The lowest BCUT2D eigenvalue weighted by Gasteiger charge is -2.33. The highest BCUT2D eigenvalue weighted by atomic mass is 19.4. The summed E-state index contributed by atoms with van der Waals surface area (Å²) in [7, 11) is 0. The summed E-state index contributed by atoms with van der Waals surface area (Å²) >= 11 is 0. The molecule has 1 amide bonds. The van der Waals surface area contributed by atoms with Gasteiger partial charge in [-0.05, 0) is 23.8 Å². The Bertz CT molecular complexity index is 765. The summed E-state index contributed by atoms with van der Waals surface area (Å²) in [5, 5.41) is 0. The zero-order chi connectivity index (χ0) is 19.3. The van der Waals surface area contributed by atoms with Crippen LogP contribution >= 0.6 is 0 Å². The van der Waals surface area contributed by atoms with E-state index >= 15 is 0 Å². The van der Waals surface area contributed by atoms with E-state index in [1.165, 1.54) is 12.1 Å². The summed E-state index contributed by atoms with van der Waals surface area (Å²) in [6.07, 6.45) is -4.49. The Morgan fingerprint density at radius 2 is 1.93 bits per heavy atom. The van der Waals surface area contributed by atoms with E-state index in [4.69, 9.17) is 9.47 Å². The average molecular weight is 379 g/mol. The number of nitrogens with zero attached hydrogens (tertiary/aromatic N) is 1. The first-order valence-electron chi connectivity index (χ1n) is 8.65. The van der Waals surface area contributed by atoms with Crippen molar-refractivity contribution >= 4 is 5.91 Å². The molecule has 0 radical (unpaired) electrons. The van der Waals surface area contributed by atoms with Gasteiger partial charge in [0.2, 0.25) is 5.91 Å². The highest BCUT2D eigenvalue weighted by molar-refractivity contribution is 5.78. The van der Waals surface area contributed by atoms with Crippen LogP contribution in [0.2, 0.25) is 0 Å². The standard InChI is InChI=1S/C20H20F3NO3/c21-20(22,23)16-7-4-8-17(12-16)27-14-18-13-24(9-10-26-18)19(25)11-15-5-2-1-3-6-15/h1-8,12,18H,9-11,13-14H2. The van der Waals surface area contributed by atoms with Gasteiger partial charge in [0.25, 0.3) is 0 Å². The fourth-order valence-electron chi connectivity index (χ4n) is 2.88. The van der Waals surface area contributed by atoms with Crippen LogP contribution in [0.1, 0.15) is 11.1 Å². The van der Waals surface area contributed by atoms with Gasteiger partial charge in [-0.25, -0.2) is 0 Å². The largest absolute Gasteiger partial charge is 0.491 e. The number of ether oxygens (including phenoxy) is 2. The van der Waals surface area contributed by atoms with E-state index in [1.807, 2.05) is 30.3 Å². The Balaban J connectivity index is 1.53. The molecule has 1 unspecified atom stereocenters. The molecule has 3 rings (SSSR count). The lowest BCUT2D eigenvalue weighted by molar-refractivity contribution is -0.139. The van der Waals surface area contributed by atoms with Crippen molar-refractivity contribution in [1.82, 2.24) is 4.90 Å². The minimum absolute atomic E-state index is 0.00595. The molecule has 0 aromatic heterocycles. The summed E-state index contributed by atoms with van der Waals surface area (Å²) in [6, 6.07) is 14.2. The molecular weight excluding hydrogens is 359 g/mol. The van der Waals surface area contributed by atoms with Crippen LogP contribution in [0.15, 0.2) is 54.6 Å². The summed E-state index contributed by atoms with van der Waals surface area (Å²) in [4.78, 5) is 14.2. The molecule has 1 saturated heterocycles. The van der Waals surface area contributed by atoms with E-state index in [0.29, 0.717) is 26.1 Å². The third kappa shape index (κ3) is 5.47. The van der Waals surface area contributed by atoms with Crippen LogP contribution in [0.25, 0.3) is 0 Å². The van der Waals surface area contributed by atoms with E-state index in [1.54, 1.807) is 4.90 Å². The first-order chi connectivity index (χ1) is 12.9. The molecule has 0 bridgehead atoms. The number of hydrogen-bond acceptors (Lipinski definition) is 3. The van der Waals surface area contributed by atoms with Crippen LogP contribution in [-0.4, -0.2) is 43.2 Å². The van der Waals surface area contributed by atoms with E-state index in [-0.39, 0.29) is 24.4 Å². The highest BCUT2D eigenvalue weighted by Gasteiger charge is 2.31. The van der Waals surface area contributed by atoms with Crippen molar-refractivity contribution in [1.29, 1.82) is 0 Å². The minimum atomic E-state index is -4.42. The first kappa shape index (κ1) is 19.2. The van der Waals surface area contributed by atoms with E-state index in [0.717, 1.165) is 17.7 Å². The van der Waals surface area contributed by atoms with Gasteiger partial charge < -0.3 is 14.4 Å². The molecule has 1 heterocycles. The van der Waals surface area contributed by atoms with Crippen LogP contribution in [-0.2, 0) is 22.1 Å². The maximum atomic E-state index is 12.8. The van der Waals surface area contributed by atoms with Crippen LogP contribution in [0, 0.1) is 0 Å². The van der Waals surface area contributed by atoms with Gasteiger partial charge in [0.05, 0.1) is 25.1 Å². The first-order valence-corrected chi connectivity index (χ1v) is 8.65. The number of carbonyl (C=O) groups is 1. The second kappa shape index (κ2) is 8.43. The monoisotopic (exact) mass is 379 g/mol. The van der Waals surface area contributed by atoms with Crippen LogP contribution in [0.4, 0.5) is 13.2 Å². The Morgan fingerprint density at radius 3 is 2.67 bits per heavy atom. The Hall–Kier alpha value is -2.54. The smallest absolute Gasteiger partial charge is 0.416 e. The molecule has 2 aromatic rings. The lowest BCUT2D eigenvalue weighted by atomic mass is 10.1. The Kier molecular flexibility index (Phi) is 6.01. The van der Waals surface area contributed by atoms with Crippen LogP contribution < -0.4 is 4.74 Å². The molecule has 0 spiro atoms. The molecule has 1 aliphatic rings. The number of amides is 1. The van der Waals surface area contributed by atoms with Crippen molar-refractivity contribution < 1.29 is 27.4 Å². The number of halogens is 3. The number of benzene rings is 2. The molecule has 1 atom stereocenters. The van der Waals surface area contributed by atoms with Crippen LogP contribution in [0.5, 0.6) is 5.75 Å². The van der Waals surface area contributed by atoms with Crippen molar-refractivity contribution in [3.05, 3.63) is 65.7 Å². The van der Waals surface area contributed by atoms with Gasteiger partial charge in [0, 0.05) is 6.54 Å². The van der Waals surface area contributed by atoms with Crippen molar-refractivity contribution in [3.8, 4) is 5.75 Å². The number of alkyl halides is 3.